The van der Waals surface area contributed by atoms with Gasteiger partial charge in [-0.15, -0.1) is 0 Å². The number of ether oxygens (including phenoxy) is 1. The molecule has 0 amide bonds. The topological polar surface area (TPSA) is 92.8 Å². The summed E-state index contributed by atoms with van der Waals surface area (Å²) in [7, 11) is 1.57. The molecular weight excluding hydrogens is 322 g/mol. The number of aliphatic hydroxyl groups is 2. The largest absolute Gasteiger partial charge is 0.389 e. The van der Waals surface area contributed by atoms with Crippen molar-refractivity contribution in [3.8, 4) is 0 Å². The van der Waals surface area contributed by atoms with Gasteiger partial charge in [0.25, 0.3) is 6.04 Å². The predicted molar refractivity (Wildman–Crippen MR) is 100 cm³/mol. The van der Waals surface area contributed by atoms with Crippen LogP contribution in [0.4, 0.5) is 0 Å². The molecule has 3 atom stereocenters. The number of methoxy groups -OCH3 is 1. The van der Waals surface area contributed by atoms with Crippen molar-refractivity contribution < 1.29 is 19.9 Å². The second kappa shape index (κ2) is 16.7. The highest BCUT2D eigenvalue weighted by Gasteiger charge is 2.31. The minimum atomic E-state index is -1.32. The van der Waals surface area contributed by atoms with Crippen LogP contribution in [-0.2, 0) is 4.74 Å². The van der Waals surface area contributed by atoms with Crippen LogP contribution in [0.2, 0.25) is 0 Å². The van der Waals surface area contributed by atoms with E-state index < -0.39 is 23.7 Å². The van der Waals surface area contributed by atoms with Crippen LogP contribution < -0.4 is 0 Å². The Bertz CT molecular complexity index is 314. The quantitative estimate of drug-likeness (QED) is 0.218. The lowest BCUT2D eigenvalue weighted by Gasteiger charge is -2.20. The standard InChI is InChI=1S/C19H39NO5/c1-3-4-5-6-7-8-9-10-11-12-13-14-17(25-2)15-19(22)18(16-21)20(23)24/h17-19,21-22H,3-16H2,1-2H3. The summed E-state index contributed by atoms with van der Waals surface area (Å²) in [4.78, 5) is 10.1. The van der Waals surface area contributed by atoms with E-state index in [9.17, 15) is 15.2 Å². The van der Waals surface area contributed by atoms with Crippen molar-refractivity contribution in [2.75, 3.05) is 13.7 Å². The lowest BCUT2D eigenvalue weighted by Crippen LogP contribution is -2.39. The molecule has 6 heteroatoms. The summed E-state index contributed by atoms with van der Waals surface area (Å²) in [6, 6.07) is -1.32. The van der Waals surface area contributed by atoms with Crippen molar-refractivity contribution >= 4 is 0 Å². The third kappa shape index (κ3) is 13.2. The van der Waals surface area contributed by atoms with E-state index >= 15 is 0 Å². The number of rotatable bonds is 18. The van der Waals surface area contributed by atoms with Gasteiger partial charge in [0.1, 0.15) is 12.7 Å². The van der Waals surface area contributed by atoms with Crippen LogP contribution in [0.5, 0.6) is 0 Å². The van der Waals surface area contributed by atoms with Crippen LogP contribution in [0.3, 0.4) is 0 Å². The van der Waals surface area contributed by atoms with Gasteiger partial charge in [0.05, 0.1) is 6.10 Å². The Morgan fingerprint density at radius 2 is 1.44 bits per heavy atom. The van der Waals surface area contributed by atoms with E-state index in [4.69, 9.17) is 9.84 Å². The second-order valence-electron chi connectivity index (χ2n) is 7.02. The molecule has 0 radical (unpaired) electrons. The van der Waals surface area contributed by atoms with E-state index in [2.05, 4.69) is 6.92 Å². The van der Waals surface area contributed by atoms with Crippen LogP contribution in [0.1, 0.15) is 90.4 Å². The Balaban J connectivity index is 3.65. The molecule has 0 saturated carbocycles. The first-order chi connectivity index (χ1) is 12.1. The normalized spacial score (nSPS) is 15.0. The second-order valence-corrected chi connectivity index (χ2v) is 7.02. The van der Waals surface area contributed by atoms with Crippen LogP contribution in [0.25, 0.3) is 0 Å². The first kappa shape index (κ1) is 24.3. The Morgan fingerprint density at radius 3 is 1.84 bits per heavy atom. The van der Waals surface area contributed by atoms with E-state index in [1.807, 2.05) is 0 Å². The molecule has 2 N–H and O–H groups in total. The fourth-order valence-electron chi connectivity index (χ4n) is 3.12. The van der Waals surface area contributed by atoms with Gasteiger partial charge in [-0.1, -0.05) is 77.6 Å². The number of unbranched alkanes of at least 4 members (excludes halogenated alkanes) is 10. The maximum absolute atomic E-state index is 10.7. The zero-order chi connectivity index (χ0) is 18.9. The molecule has 0 heterocycles. The molecule has 25 heavy (non-hydrogen) atoms. The van der Waals surface area contributed by atoms with Crippen molar-refractivity contribution in [2.45, 2.75) is 109 Å². The summed E-state index contributed by atoms with van der Waals surface area (Å²) in [6.45, 7) is 1.59. The Morgan fingerprint density at radius 1 is 0.960 bits per heavy atom. The maximum Gasteiger partial charge on any atom is 0.261 e. The number of nitrogens with zero attached hydrogens (tertiary/aromatic N) is 1. The number of aliphatic hydroxyl groups excluding tert-OH is 2. The average molecular weight is 362 g/mol. The average Bonchev–Trinajstić information content (AvgIpc) is 2.58. The third-order valence-electron chi connectivity index (χ3n) is 4.87. The molecular formula is C19H39NO5. The Labute approximate surface area is 153 Å². The fraction of sp³-hybridized carbons (Fsp3) is 1.00. The Kier molecular flexibility index (Phi) is 16.3. The van der Waals surface area contributed by atoms with E-state index in [1.54, 1.807) is 7.11 Å². The van der Waals surface area contributed by atoms with Crippen LogP contribution in [0.15, 0.2) is 0 Å². The summed E-state index contributed by atoms with van der Waals surface area (Å²) in [5.74, 6) is 0. The summed E-state index contributed by atoms with van der Waals surface area (Å²) in [5, 5.41) is 29.6. The minimum Gasteiger partial charge on any atom is -0.389 e. The van der Waals surface area contributed by atoms with Crippen molar-refractivity contribution in [3.05, 3.63) is 10.1 Å². The minimum absolute atomic E-state index is 0.192. The van der Waals surface area contributed by atoms with E-state index in [0.717, 1.165) is 19.3 Å². The molecule has 150 valence electrons. The van der Waals surface area contributed by atoms with Crippen molar-refractivity contribution in [1.82, 2.24) is 0 Å². The summed E-state index contributed by atoms with van der Waals surface area (Å²) >= 11 is 0. The molecule has 3 unspecified atom stereocenters. The van der Waals surface area contributed by atoms with E-state index in [1.165, 1.54) is 57.8 Å². The Hall–Kier alpha value is -0.720. The highest BCUT2D eigenvalue weighted by Crippen LogP contribution is 2.16. The van der Waals surface area contributed by atoms with Crippen molar-refractivity contribution in [1.29, 1.82) is 0 Å². The zero-order valence-electron chi connectivity index (χ0n) is 16.2. The zero-order valence-corrected chi connectivity index (χ0v) is 16.2. The highest BCUT2D eigenvalue weighted by atomic mass is 16.6. The van der Waals surface area contributed by atoms with Crippen LogP contribution >= 0.6 is 0 Å². The molecule has 0 aliphatic heterocycles. The first-order valence-corrected chi connectivity index (χ1v) is 10.0. The van der Waals surface area contributed by atoms with Gasteiger partial charge < -0.3 is 14.9 Å². The monoisotopic (exact) mass is 361 g/mol. The molecule has 0 aromatic rings. The maximum atomic E-state index is 10.7. The van der Waals surface area contributed by atoms with Crippen molar-refractivity contribution in [3.63, 3.8) is 0 Å². The van der Waals surface area contributed by atoms with E-state index in [0.29, 0.717) is 0 Å². The molecule has 0 saturated heterocycles. The molecule has 0 aromatic carbocycles. The SMILES string of the molecule is CCCCCCCCCCCCCC(CC(O)C(CO)[N+](=O)[O-])OC. The lowest BCUT2D eigenvalue weighted by molar-refractivity contribution is -0.538. The van der Waals surface area contributed by atoms with E-state index in [-0.39, 0.29) is 12.5 Å². The lowest BCUT2D eigenvalue weighted by atomic mass is 10.00. The molecule has 0 spiro atoms. The van der Waals surface area contributed by atoms with Gasteiger partial charge in [0.15, 0.2) is 0 Å². The van der Waals surface area contributed by atoms with Gasteiger partial charge in [-0.25, -0.2) is 0 Å². The van der Waals surface area contributed by atoms with Gasteiger partial charge in [0.2, 0.25) is 0 Å². The first-order valence-electron chi connectivity index (χ1n) is 10.0. The molecule has 0 aliphatic carbocycles. The fourth-order valence-corrected chi connectivity index (χ4v) is 3.12. The summed E-state index contributed by atoms with van der Waals surface area (Å²) < 4.78 is 5.32. The number of hydrogen-bond donors (Lipinski definition) is 2. The smallest absolute Gasteiger partial charge is 0.261 e. The predicted octanol–water partition coefficient (Wildman–Crippen LogP) is 4.09. The van der Waals surface area contributed by atoms with Gasteiger partial charge in [-0.05, 0) is 6.42 Å². The molecule has 0 aliphatic rings. The van der Waals surface area contributed by atoms with Crippen molar-refractivity contribution in [2.24, 2.45) is 0 Å². The summed E-state index contributed by atoms with van der Waals surface area (Å²) in [6.07, 6.45) is 13.6. The molecule has 0 aromatic heterocycles. The molecule has 0 rings (SSSR count). The third-order valence-corrected chi connectivity index (χ3v) is 4.87. The number of nitro groups is 1. The van der Waals surface area contributed by atoms with Gasteiger partial charge in [-0.3, -0.25) is 10.1 Å². The van der Waals surface area contributed by atoms with Gasteiger partial charge >= 0.3 is 0 Å². The molecule has 0 fully saturated rings. The van der Waals surface area contributed by atoms with Gasteiger partial charge in [-0.2, -0.15) is 0 Å². The molecule has 0 bridgehead atoms. The number of hydrogen-bond acceptors (Lipinski definition) is 5. The van der Waals surface area contributed by atoms with Gasteiger partial charge in [0, 0.05) is 18.5 Å². The van der Waals surface area contributed by atoms with Crippen LogP contribution in [-0.4, -0.2) is 47.1 Å². The molecule has 6 nitrogen and oxygen atoms in total. The van der Waals surface area contributed by atoms with Crippen LogP contribution in [0, 0.1) is 10.1 Å². The summed E-state index contributed by atoms with van der Waals surface area (Å²) in [5.41, 5.74) is 0. The highest BCUT2D eigenvalue weighted by molar-refractivity contribution is 4.72.